The van der Waals surface area contributed by atoms with Gasteiger partial charge in [0.25, 0.3) is 5.78 Å². The number of carbonyl (C=O) groups excluding carboxylic acids is 2. The van der Waals surface area contributed by atoms with Gasteiger partial charge in [-0.15, -0.1) is 0 Å². The molecule has 7 nitrogen and oxygen atoms in total. The Morgan fingerprint density at radius 1 is 1.11 bits per heavy atom. The third-order valence-corrected chi connectivity index (χ3v) is 7.01. The Balaban J connectivity index is 1.71. The molecule has 1 amide bonds. The number of ketones is 1. The van der Waals surface area contributed by atoms with Crippen molar-refractivity contribution < 1.29 is 33.3 Å². The molecule has 0 aliphatic carbocycles. The van der Waals surface area contributed by atoms with Crippen LogP contribution in [0.1, 0.15) is 29.7 Å². The lowest BCUT2D eigenvalue weighted by molar-refractivity contribution is -0.132. The molecule has 1 atom stereocenters. The van der Waals surface area contributed by atoms with E-state index in [0.29, 0.717) is 35.1 Å². The highest BCUT2D eigenvalue weighted by atomic mass is 32.1. The summed E-state index contributed by atoms with van der Waals surface area (Å²) >= 11 is 0.841. The minimum Gasteiger partial charge on any atom is -0.508 e. The number of nitrogens with zero attached hydrogens (tertiary/aromatic N) is 2. The number of halogens is 2. The lowest BCUT2D eigenvalue weighted by Gasteiger charge is -2.23. The Hall–Kier alpha value is -4.31. The van der Waals surface area contributed by atoms with Gasteiger partial charge in [-0.3, -0.25) is 14.5 Å². The predicted molar refractivity (Wildman–Crippen MR) is 135 cm³/mol. The zero-order valence-corrected chi connectivity index (χ0v) is 20.5. The Morgan fingerprint density at radius 3 is 2.51 bits per heavy atom. The van der Waals surface area contributed by atoms with Gasteiger partial charge in [0.05, 0.1) is 22.9 Å². The van der Waals surface area contributed by atoms with Crippen LogP contribution in [0.3, 0.4) is 0 Å². The highest BCUT2D eigenvalue weighted by Crippen LogP contribution is 2.45. The second-order valence-corrected chi connectivity index (χ2v) is 9.41. The van der Waals surface area contributed by atoms with Gasteiger partial charge in [-0.25, -0.2) is 13.8 Å². The van der Waals surface area contributed by atoms with Crippen LogP contribution >= 0.6 is 11.3 Å². The second kappa shape index (κ2) is 9.29. The minimum atomic E-state index is -1.14. The van der Waals surface area contributed by atoms with E-state index in [2.05, 4.69) is 4.98 Å². The molecule has 3 aromatic carbocycles. The van der Waals surface area contributed by atoms with Crippen LogP contribution in [-0.2, 0) is 9.59 Å². The van der Waals surface area contributed by atoms with E-state index in [-0.39, 0.29) is 26.7 Å². The monoisotopic (exact) mass is 522 g/mol. The first-order valence-corrected chi connectivity index (χ1v) is 12.1. The van der Waals surface area contributed by atoms with Crippen molar-refractivity contribution in [2.24, 2.45) is 0 Å². The van der Waals surface area contributed by atoms with Gasteiger partial charge < -0.3 is 14.9 Å². The van der Waals surface area contributed by atoms with Crippen LogP contribution in [0.4, 0.5) is 13.9 Å². The van der Waals surface area contributed by atoms with E-state index in [4.69, 9.17) is 4.74 Å². The van der Waals surface area contributed by atoms with Gasteiger partial charge in [-0.1, -0.05) is 23.5 Å². The van der Waals surface area contributed by atoms with Crippen LogP contribution in [-0.4, -0.2) is 33.5 Å². The fraction of sp³-hybridized carbons (Fsp3) is 0.148. The van der Waals surface area contributed by atoms with E-state index < -0.39 is 35.1 Å². The SMILES string of the molecule is CCOc1ccc(/C(O)=C2\C(=O)C(=O)N(c3nc4c(F)cc(F)cc4s3)C2c2ccc(O)cc2)cc1C. The zero-order chi connectivity index (χ0) is 26.4. The maximum absolute atomic E-state index is 14.4. The number of fused-ring (bicyclic) bond motifs is 1. The van der Waals surface area contributed by atoms with Gasteiger partial charge in [0.2, 0.25) is 0 Å². The van der Waals surface area contributed by atoms with Crippen LogP contribution in [0.25, 0.3) is 16.0 Å². The number of Topliss-reactive ketones (excluding diaryl/α,β-unsaturated/α-hetero) is 1. The molecule has 1 fully saturated rings. The number of rotatable bonds is 5. The maximum atomic E-state index is 14.4. The van der Waals surface area contributed by atoms with Crippen molar-refractivity contribution in [3.8, 4) is 11.5 Å². The summed E-state index contributed by atoms with van der Waals surface area (Å²) in [6, 6.07) is 11.3. The summed E-state index contributed by atoms with van der Waals surface area (Å²) in [6.07, 6.45) is 0. The van der Waals surface area contributed by atoms with Crippen molar-refractivity contribution >= 4 is 44.1 Å². The number of ether oxygens (including phenoxy) is 1. The summed E-state index contributed by atoms with van der Waals surface area (Å²) in [6.45, 7) is 4.08. The van der Waals surface area contributed by atoms with Crippen molar-refractivity contribution in [2.45, 2.75) is 19.9 Å². The molecule has 1 aliphatic rings. The summed E-state index contributed by atoms with van der Waals surface area (Å²) in [4.78, 5) is 31.8. The molecule has 1 aliphatic heterocycles. The molecule has 188 valence electrons. The third kappa shape index (κ3) is 4.19. The Kier molecular flexibility index (Phi) is 6.12. The molecule has 37 heavy (non-hydrogen) atoms. The zero-order valence-electron chi connectivity index (χ0n) is 19.7. The number of carbonyl (C=O) groups is 2. The fourth-order valence-electron chi connectivity index (χ4n) is 4.32. The van der Waals surface area contributed by atoms with Gasteiger partial charge in [0.15, 0.2) is 10.9 Å². The molecule has 0 radical (unpaired) electrons. The first kappa shape index (κ1) is 24.4. The summed E-state index contributed by atoms with van der Waals surface area (Å²) < 4.78 is 33.9. The highest BCUT2D eigenvalue weighted by molar-refractivity contribution is 7.22. The number of aliphatic hydroxyl groups excluding tert-OH is 1. The van der Waals surface area contributed by atoms with Crippen LogP contribution < -0.4 is 9.64 Å². The molecule has 1 aromatic heterocycles. The topological polar surface area (TPSA) is 100.0 Å². The van der Waals surface area contributed by atoms with Crippen molar-refractivity contribution in [2.75, 3.05) is 11.5 Å². The maximum Gasteiger partial charge on any atom is 0.301 e. The number of amides is 1. The number of thiazole rings is 1. The largest absolute Gasteiger partial charge is 0.508 e. The third-order valence-electron chi connectivity index (χ3n) is 6.01. The number of phenols is 1. The number of hydrogen-bond donors (Lipinski definition) is 2. The van der Waals surface area contributed by atoms with Crippen LogP contribution in [0.5, 0.6) is 11.5 Å². The average molecular weight is 523 g/mol. The number of aryl methyl sites for hydroxylation is 1. The first-order chi connectivity index (χ1) is 17.7. The molecule has 1 saturated heterocycles. The standard InChI is InChI=1S/C27H20F2N2O5S/c1-3-36-19-9-6-15(10-13(19)2)24(33)21-23(14-4-7-17(32)8-5-14)31(26(35)25(21)34)27-30-22-18(29)11-16(28)12-20(22)37-27/h4-12,23,32-33H,3H2,1-2H3/b24-21+. The molecular weight excluding hydrogens is 502 g/mol. The molecule has 4 aromatic rings. The summed E-state index contributed by atoms with van der Waals surface area (Å²) in [5, 5.41) is 21.0. The molecular formula is C27H20F2N2O5S. The molecule has 10 heteroatoms. The number of aliphatic hydroxyl groups is 1. The number of hydrogen-bond acceptors (Lipinski definition) is 7. The van der Waals surface area contributed by atoms with Crippen molar-refractivity contribution in [3.63, 3.8) is 0 Å². The second-order valence-electron chi connectivity index (χ2n) is 8.40. The number of aromatic hydroxyl groups is 1. The summed E-state index contributed by atoms with van der Waals surface area (Å²) in [5.74, 6) is -3.50. The summed E-state index contributed by atoms with van der Waals surface area (Å²) in [7, 11) is 0. The number of anilines is 1. The summed E-state index contributed by atoms with van der Waals surface area (Å²) in [5.41, 5.74) is 1.05. The molecule has 0 spiro atoms. The van der Waals surface area contributed by atoms with Gasteiger partial charge in [0.1, 0.15) is 28.6 Å². The molecule has 1 unspecified atom stereocenters. The lowest BCUT2D eigenvalue weighted by atomic mass is 9.95. The highest BCUT2D eigenvalue weighted by Gasteiger charge is 2.48. The quantitative estimate of drug-likeness (QED) is 0.201. The average Bonchev–Trinajstić information content (AvgIpc) is 3.39. The van der Waals surface area contributed by atoms with Gasteiger partial charge in [-0.2, -0.15) is 0 Å². The fourth-order valence-corrected chi connectivity index (χ4v) is 5.35. The Labute approximate surface area is 213 Å². The normalized spacial score (nSPS) is 17.1. The van der Waals surface area contributed by atoms with Crippen molar-refractivity contribution in [3.05, 3.63) is 88.5 Å². The predicted octanol–water partition coefficient (Wildman–Crippen LogP) is 5.61. The Morgan fingerprint density at radius 2 is 1.84 bits per heavy atom. The van der Waals surface area contributed by atoms with E-state index in [1.165, 1.54) is 24.3 Å². The number of benzene rings is 3. The van der Waals surface area contributed by atoms with Crippen molar-refractivity contribution in [1.29, 1.82) is 0 Å². The van der Waals surface area contributed by atoms with E-state index in [1.807, 2.05) is 6.92 Å². The molecule has 5 rings (SSSR count). The van der Waals surface area contributed by atoms with E-state index in [9.17, 15) is 28.6 Å². The van der Waals surface area contributed by atoms with E-state index >= 15 is 0 Å². The Bertz CT molecular complexity index is 1600. The van der Waals surface area contributed by atoms with Gasteiger partial charge in [0, 0.05) is 11.6 Å². The lowest BCUT2D eigenvalue weighted by Crippen LogP contribution is -2.29. The van der Waals surface area contributed by atoms with Crippen LogP contribution in [0, 0.1) is 18.6 Å². The van der Waals surface area contributed by atoms with Crippen molar-refractivity contribution in [1.82, 2.24) is 4.98 Å². The van der Waals surface area contributed by atoms with Gasteiger partial charge in [-0.05, 0) is 61.4 Å². The van der Waals surface area contributed by atoms with E-state index in [0.717, 1.165) is 22.3 Å². The smallest absolute Gasteiger partial charge is 0.301 e. The molecule has 2 heterocycles. The minimum absolute atomic E-state index is 0.0402. The number of aromatic nitrogens is 1. The first-order valence-electron chi connectivity index (χ1n) is 11.3. The molecule has 0 saturated carbocycles. The molecule has 0 bridgehead atoms. The number of phenolic OH excluding ortho intramolecular Hbond substituents is 1. The van der Waals surface area contributed by atoms with Gasteiger partial charge >= 0.3 is 5.91 Å². The van der Waals surface area contributed by atoms with Crippen LogP contribution in [0.15, 0.2) is 60.2 Å². The van der Waals surface area contributed by atoms with Crippen LogP contribution in [0.2, 0.25) is 0 Å². The molecule has 2 N–H and O–H groups in total. The van der Waals surface area contributed by atoms with E-state index in [1.54, 1.807) is 25.1 Å².